The molecule has 19 heavy (non-hydrogen) atoms. The van der Waals surface area contributed by atoms with E-state index in [2.05, 4.69) is 15.2 Å². The molecule has 1 aromatic heterocycles. The van der Waals surface area contributed by atoms with Gasteiger partial charge in [0.05, 0.1) is 12.2 Å². The number of benzene rings is 1. The summed E-state index contributed by atoms with van der Waals surface area (Å²) >= 11 is 1.38. The van der Waals surface area contributed by atoms with Gasteiger partial charge < -0.3 is 9.64 Å². The predicted octanol–water partition coefficient (Wildman–Crippen LogP) is 3.48. The molecule has 0 bridgehead atoms. The van der Waals surface area contributed by atoms with Crippen molar-refractivity contribution >= 4 is 17.0 Å². The van der Waals surface area contributed by atoms with Crippen molar-refractivity contribution in [3.63, 3.8) is 0 Å². The first-order valence-electron chi connectivity index (χ1n) is 5.31. The largest absolute Gasteiger partial charge is 0.573 e. The van der Waals surface area contributed by atoms with Crippen LogP contribution >= 0.6 is 11.3 Å². The number of nitrogens with zero attached hydrogens (tertiary/aromatic N) is 2. The fourth-order valence-corrected chi connectivity index (χ4v) is 2.00. The molecule has 1 aromatic carbocycles. The molecule has 0 saturated heterocycles. The summed E-state index contributed by atoms with van der Waals surface area (Å²) in [6.45, 7) is 0.569. The molecule has 2 aromatic rings. The van der Waals surface area contributed by atoms with Crippen molar-refractivity contribution in [3.05, 3.63) is 40.8 Å². The Kier molecular flexibility index (Phi) is 3.94. The smallest absolute Gasteiger partial charge is 0.406 e. The fraction of sp³-hybridized carbons (Fsp3) is 0.250. The molecule has 0 aliphatic heterocycles. The van der Waals surface area contributed by atoms with Crippen LogP contribution in [0.5, 0.6) is 5.75 Å². The Balaban J connectivity index is 2.01. The van der Waals surface area contributed by atoms with Gasteiger partial charge in [-0.2, -0.15) is 0 Å². The van der Waals surface area contributed by atoms with Crippen LogP contribution in [-0.2, 0) is 6.54 Å². The van der Waals surface area contributed by atoms with Gasteiger partial charge in [-0.15, -0.1) is 24.5 Å². The Hall–Kier alpha value is -1.76. The Morgan fingerprint density at radius 1 is 1.32 bits per heavy atom. The van der Waals surface area contributed by atoms with E-state index in [9.17, 15) is 13.2 Å². The molecule has 0 fully saturated rings. The molecule has 0 aliphatic rings. The van der Waals surface area contributed by atoms with Gasteiger partial charge in [0, 0.05) is 18.1 Å². The first kappa shape index (κ1) is 13.7. The summed E-state index contributed by atoms with van der Waals surface area (Å²) in [4.78, 5) is 5.90. The first-order chi connectivity index (χ1) is 8.94. The van der Waals surface area contributed by atoms with Crippen molar-refractivity contribution < 1.29 is 17.9 Å². The maximum atomic E-state index is 12.0. The van der Waals surface area contributed by atoms with Crippen molar-refractivity contribution in [3.8, 4) is 5.75 Å². The number of anilines is 1. The van der Waals surface area contributed by atoms with Gasteiger partial charge in [0.2, 0.25) is 0 Å². The van der Waals surface area contributed by atoms with Gasteiger partial charge in [0.15, 0.2) is 5.51 Å². The van der Waals surface area contributed by atoms with Crippen LogP contribution < -0.4 is 9.64 Å². The Morgan fingerprint density at radius 2 is 2.00 bits per heavy atom. The molecule has 7 heteroatoms. The third-order valence-corrected chi connectivity index (χ3v) is 2.93. The van der Waals surface area contributed by atoms with Crippen LogP contribution in [0.15, 0.2) is 29.6 Å². The van der Waals surface area contributed by atoms with Gasteiger partial charge in [0.1, 0.15) is 5.75 Å². The normalized spacial score (nSPS) is 11.4. The lowest BCUT2D eigenvalue weighted by Gasteiger charge is -2.18. The number of thiazole rings is 1. The summed E-state index contributed by atoms with van der Waals surface area (Å²) in [5.41, 5.74) is 4.39. The highest BCUT2D eigenvalue weighted by atomic mass is 32.1. The van der Waals surface area contributed by atoms with Crippen LogP contribution in [0.2, 0.25) is 0 Å². The Morgan fingerprint density at radius 3 is 2.53 bits per heavy atom. The number of aromatic nitrogens is 1. The van der Waals surface area contributed by atoms with Crippen molar-refractivity contribution in [1.82, 2.24) is 4.98 Å². The van der Waals surface area contributed by atoms with E-state index in [1.807, 2.05) is 17.3 Å². The van der Waals surface area contributed by atoms with E-state index in [4.69, 9.17) is 0 Å². The van der Waals surface area contributed by atoms with E-state index in [-0.39, 0.29) is 5.75 Å². The van der Waals surface area contributed by atoms with E-state index in [1.165, 1.54) is 23.5 Å². The molecule has 0 aliphatic carbocycles. The summed E-state index contributed by atoms with van der Waals surface area (Å²) in [6, 6.07) is 5.70. The van der Waals surface area contributed by atoms with E-state index in [0.717, 1.165) is 11.4 Å². The highest BCUT2D eigenvalue weighted by Crippen LogP contribution is 2.25. The lowest BCUT2D eigenvalue weighted by atomic mass is 10.2. The summed E-state index contributed by atoms with van der Waals surface area (Å²) in [6.07, 6.45) is -4.66. The minimum Gasteiger partial charge on any atom is -0.406 e. The molecule has 0 saturated carbocycles. The number of rotatable bonds is 4. The highest BCUT2D eigenvalue weighted by Gasteiger charge is 2.30. The zero-order chi connectivity index (χ0) is 13.9. The van der Waals surface area contributed by atoms with E-state index >= 15 is 0 Å². The molecule has 0 unspecified atom stereocenters. The third-order valence-electron chi connectivity index (χ3n) is 2.35. The average molecular weight is 287 g/mol. The van der Waals surface area contributed by atoms with Crippen molar-refractivity contribution in [2.75, 3.05) is 11.9 Å². The van der Waals surface area contributed by atoms with Crippen LogP contribution in [0.4, 0.5) is 18.9 Å². The zero-order valence-corrected chi connectivity index (χ0v) is 10.8. The number of ether oxygens (including phenoxy) is 1. The molecule has 0 N–H and O–H groups in total. The second-order valence-electron chi connectivity index (χ2n) is 3.83. The molecule has 0 atom stereocenters. The van der Waals surface area contributed by atoms with Gasteiger partial charge in [-0.3, -0.25) is 0 Å². The number of hydrogen-bond acceptors (Lipinski definition) is 4. The molecule has 101 valence electrons. The summed E-state index contributed by atoms with van der Waals surface area (Å²) in [5.74, 6) is -0.230. The molecular weight excluding hydrogens is 277 g/mol. The van der Waals surface area contributed by atoms with Crippen molar-refractivity contribution in [1.29, 1.82) is 0 Å². The van der Waals surface area contributed by atoms with Crippen LogP contribution in [0.1, 0.15) is 5.69 Å². The van der Waals surface area contributed by atoms with E-state index in [0.29, 0.717) is 6.54 Å². The van der Waals surface area contributed by atoms with E-state index < -0.39 is 6.36 Å². The Labute approximate surface area is 112 Å². The molecule has 1 heterocycles. The standard InChI is InChI=1S/C12H10F3N2OS/c1-17(6-9-7-19-8-16-9)10-2-4-11(5-3-10)18-12(13,14)15/h2-5,7H,6H2,1H3. The van der Waals surface area contributed by atoms with Crippen LogP contribution in [0.25, 0.3) is 0 Å². The van der Waals surface area contributed by atoms with Crippen LogP contribution in [0.3, 0.4) is 0 Å². The number of alkyl halides is 3. The highest BCUT2D eigenvalue weighted by molar-refractivity contribution is 7.07. The monoisotopic (exact) mass is 287 g/mol. The third kappa shape index (κ3) is 4.13. The van der Waals surface area contributed by atoms with Crippen molar-refractivity contribution in [2.45, 2.75) is 12.9 Å². The fourth-order valence-electron chi connectivity index (χ4n) is 1.51. The quantitative estimate of drug-likeness (QED) is 0.861. The van der Waals surface area contributed by atoms with Gasteiger partial charge >= 0.3 is 6.36 Å². The molecule has 0 amide bonds. The maximum absolute atomic E-state index is 12.0. The SMILES string of the molecule is CN(Cc1cs[c]n1)c1ccc(OC(F)(F)F)cc1. The molecule has 1 radical (unpaired) electrons. The average Bonchev–Trinajstić information content (AvgIpc) is 2.80. The van der Waals surface area contributed by atoms with Gasteiger partial charge in [0.25, 0.3) is 0 Å². The summed E-state index contributed by atoms with van der Waals surface area (Å²) in [5, 5.41) is 1.87. The topological polar surface area (TPSA) is 25.4 Å². The summed E-state index contributed by atoms with van der Waals surface area (Å²) < 4.78 is 39.8. The van der Waals surface area contributed by atoms with Crippen LogP contribution in [-0.4, -0.2) is 18.4 Å². The lowest BCUT2D eigenvalue weighted by molar-refractivity contribution is -0.274. The van der Waals surface area contributed by atoms with Gasteiger partial charge in [-0.1, -0.05) is 0 Å². The molecule has 2 rings (SSSR count). The second kappa shape index (κ2) is 5.48. The lowest BCUT2D eigenvalue weighted by Crippen LogP contribution is -2.18. The first-order valence-corrected chi connectivity index (χ1v) is 6.19. The maximum Gasteiger partial charge on any atom is 0.573 e. The predicted molar refractivity (Wildman–Crippen MR) is 66.2 cm³/mol. The summed E-state index contributed by atoms with van der Waals surface area (Å²) in [7, 11) is 1.83. The van der Waals surface area contributed by atoms with Gasteiger partial charge in [-0.25, -0.2) is 4.98 Å². The number of hydrogen-bond donors (Lipinski definition) is 0. The minimum absolute atomic E-state index is 0.230. The molecular formula is C12H10F3N2OS. The molecule has 3 nitrogen and oxygen atoms in total. The molecule has 0 spiro atoms. The minimum atomic E-state index is -4.66. The number of halogens is 3. The Bertz CT molecular complexity index is 511. The van der Waals surface area contributed by atoms with E-state index in [1.54, 1.807) is 12.1 Å². The second-order valence-corrected chi connectivity index (χ2v) is 4.48. The van der Waals surface area contributed by atoms with Crippen LogP contribution in [0, 0.1) is 5.51 Å². The van der Waals surface area contributed by atoms with Crippen molar-refractivity contribution in [2.24, 2.45) is 0 Å². The van der Waals surface area contributed by atoms with Gasteiger partial charge in [-0.05, 0) is 24.3 Å². The zero-order valence-electron chi connectivity index (χ0n) is 9.94.